The molecule has 0 aromatic rings. The second-order valence-corrected chi connectivity index (χ2v) is 7.84. The summed E-state index contributed by atoms with van der Waals surface area (Å²) in [6.45, 7) is 4.93. The summed E-state index contributed by atoms with van der Waals surface area (Å²) >= 11 is 0. The van der Waals surface area contributed by atoms with E-state index in [1.54, 1.807) is 0 Å². The molecule has 3 nitrogen and oxygen atoms in total. The smallest absolute Gasteiger partial charge is 0.341 e. The van der Waals surface area contributed by atoms with Crippen molar-refractivity contribution >= 4 is 8.56 Å². The molecule has 1 N–H and O–H groups in total. The molecular formula is C8H16O3Si. The topological polar surface area (TPSA) is 38.7 Å². The van der Waals surface area contributed by atoms with E-state index in [1.165, 1.54) is 0 Å². The van der Waals surface area contributed by atoms with Gasteiger partial charge in [-0.25, -0.2) is 0 Å². The second kappa shape index (κ2) is 2.80. The fourth-order valence-electron chi connectivity index (χ4n) is 1.99. The lowest BCUT2D eigenvalue weighted by Crippen LogP contribution is -2.46. The lowest BCUT2D eigenvalue weighted by atomic mass is 10.2. The minimum atomic E-state index is -1.86. The fourth-order valence-corrected chi connectivity index (χ4v) is 5.39. The molecule has 2 heterocycles. The maximum atomic E-state index is 9.51. The highest BCUT2D eigenvalue weighted by molar-refractivity contribution is 6.69. The van der Waals surface area contributed by atoms with E-state index in [4.69, 9.17) is 8.85 Å². The van der Waals surface area contributed by atoms with Crippen LogP contribution >= 0.6 is 0 Å². The highest BCUT2D eigenvalue weighted by Gasteiger charge is 2.53. The molecule has 0 amide bonds. The number of aliphatic hydroxyl groups is 1. The van der Waals surface area contributed by atoms with E-state index in [-0.39, 0.29) is 12.2 Å². The first-order valence-electron chi connectivity index (χ1n) is 4.64. The van der Waals surface area contributed by atoms with E-state index in [2.05, 4.69) is 13.8 Å². The Morgan fingerprint density at radius 2 is 2.25 bits per heavy atom. The molecule has 2 bridgehead atoms. The van der Waals surface area contributed by atoms with Gasteiger partial charge in [0.2, 0.25) is 0 Å². The summed E-state index contributed by atoms with van der Waals surface area (Å²) in [5.74, 6) is 0. The highest BCUT2D eigenvalue weighted by atomic mass is 28.4. The average Bonchev–Trinajstić information content (AvgIpc) is 2.40. The van der Waals surface area contributed by atoms with Crippen molar-refractivity contribution in [3.05, 3.63) is 0 Å². The first-order chi connectivity index (χ1) is 5.64. The normalized spacial score (nSPS) is 47.0. The van der Waals surface area contributed by atoms with Crippen LogP contribution in [0.2, 0.25) is 11.6 Å². The summed E-state index contributed by atoms with van der Waals surface area (Å²) in [5.41, 5.74) is 0.509. The predicted octanol–water partition coefficient (Wildman–Crippen LogP) is 1.02. The van der Waals surface area contributed by atoms with Gasteiger partial charge in [0, 0.05) is 0 Å². The van der Waals surface area contributed by atoms with Crippen LogP contribution in [-0.2, 0) is 8.85 Å². The van der Waals surface area contributed by atoms with Crippen LogP contribution in [0, 0.1) is 0 Å². The van der Waals surface area contributed by atoms with E-state index in [0.717, 1.165) is 12.5 Å². The third-order valence-corrected chi connectivity index (χ3v) is 7.04. The van der Waals surface area contributed by atoms with Gasteiger partial charge in [-0.2, -0.15) is 0 Å². The number of fused-ring (bicyclic) bond motifs is 2. The Balaban J connectivity index is 2.13. The molecule has 4 heteroatoms. The zero-order valence-corrected chi connectivity index (χ0v) is 8.62. The summed E-state index contributed by atoms with van der Waals surface area (Å²) in [4.78, 5) is 0. The SMILES string of the molecule is CC(C)[Si]12CCC(O)C(CO1)O2. The van der Waals surface area contributed by atoms with Gasteiger partial charge in [-0.15, -0.1) is 0 Å². The third-order valence-electron chi connectivity index (χ3n) is 2.94. The fraction of sp³-hybridized carbons (Fsp3) is 1.00. The van der Waals surface area contributed by atoms with Gasteiger partial charge in [0.25, 0.3) is 0 Å². The maximum Gasteiger partial charge on any atom is 0.341 e. The van der Waals surface area contributed by atoms with Crippen molar-refractivity contribution in [1.29, 1.82) is 0 Å². The lowest BCUT2D eigenvalue weighted by molar-refractivity contribution is 0.0303. The first-order valence-corrected chi connectivity index (χ1v) is 6.74. The Bertz CT molecular complexity index is 185. The number of rotatable bonds is 1. The summed E-state index contributed by atoms with van der Waals surface area (Å²) < 4.78 is 11.6. The molecular weight excluding hydrogens is 172 g/mol. The molecule has 2 aliphatic rings. The Morgan fingerprint density at radius 3 is 2.92 bits per heavy atom. The minimum absolute atomic E-state index is 0.0205. The zero-order chi connectivity index (χ0) is 8.77. The number of hydrogen-bond acceptors (Lipinski definition) is 3. The van der Waals surface area contributed by atoms with Gasteiger partial charge in [0.15, 0.2) is 0 Å². The highest BCUT2D eigenvalue weighted by Crippen LogP contribution is 2.40. The average molecular weight is 188 g/mol. The summed E-state index contributed by atoms with van der Waals surface area (Å²) in [5, 5.41) is 9.51. The molecule has 0 saturated carbocycles. The van der Waals surface area contributed by atoms with E-state index in [9.17, 15) is 5.11 Å². The summed E-state index contributed by atoms with van der Waals surface area (Å²) in [7, 11) is -1.86. The lowest BCUT2D eigenvalue weighted by Gasteiger charge is -2.33. The van der Waals surface area contributed by atoms with Gasteiger partial charge in [-0.05, 0) is 18.0 Å². The summed E-state index contributed by atoms with van der Waals surface area (Å²) in [6.07, 6.45) is 0.564. The van der Waals surface area contributed by atoms with Crippen LogP contribution in [0.25, 0.3) is 0 Å². The standard InChI is InChI=1S/C8H16O3Si/c1-6(2)12-4-3-7(9)8(11-12)5-10-12/h6-9H,3-5H2,1-2H3. The van der Waals surface area contributed by atoms with Gasteiger partial charge in [-0.1, -0.05) is 13.8 Å². The van der Waals surface area contributed by atoms with Crippen molar-refractivity contribution in [1.82, 2.24) is 0 Å². The molecule has 70 valence electrons. The number of aliphatic hydroxyl groups excluding tert-OH is 1. The van der Waals surface area contributed by atoms with Crippen molar-refractivity contribution < 1.29 is 14.0 Å². The second-order valence-electron chi connectivity index (χ2n) is 4.04. The Hall–Kier alpha value is 0.0969. The van der Waals surface area contributed by atoms with E-state index in [1.807, 2.05) is 0 Å². The molecule has 0 spiro atoms. The van der Waals surface area contributed by atoms with Crippen molar-refractivity contribution in [2.45, 2.75) is 44.1 Å². The molecule has 3 atom stereocenters. The molecule has 0 aromatic carbocycles. The Kier molecular flexibility index (Phi) is 2.03. The van der Waals surface area contributed by atoms with E-state index in [0.29, 0.717) is 12.1 Å². The molecule has 2 fully saturated rings. The van der Waals surface area contributed by atoms with Crippen LogP contribution in [0.4, 0.5) is 0 Å². The molecule has 2 rings (SSSR count). The van der Waals surface area contributed by atoms with Crippen LogP contribution < -0.4 is 0 Å². The van der Waals surface area contributed by atoms with Crippen LogP contribution in [-0.4, -0.2) is 32.5 Å². The molecule has 0 radical (unpaired) electrons. The van der Waals surface area contributed by atoms with Crippen molar-refractivity contribution in [2.75, 3.05) is 6.61 Å². The van der Waals surface area contributed by atoms with Gasteiger partial charge in [-0.3, -0.25) is 0 Å². The van der Waals surface area contributed by atoms with Crippen molar-refractivity contribution in [2.24, 2.45) is 0 Å². The van der Waals surface area contributed by atoms with Gasteiger partial charge in [0.1, 0.15) is 0 Å². The third kappa shape index (κ3) is 1.14. The minimum Gasteiger partial charge on any atom is -0.391 e. The van der Waals surface area contributed by atoms with Crippen LogP contribution in [0.5, 0.6) is 0 Å². The molecule has 3 unspecified atom stereocenters. The van der Waals surface area contributed by atoms with E-state index < -0.39 is 8.56 Å². The van der Waals surface area contributed by atoms with Crippen LogP contribution in [0.15, 0.2) is 0 Å². The first kappa shape index (κ1) is 8.68. The van der Waals surface area contributed by atoms with E-state index >= 15 is 0 Å². The zero-order valence-electron chi connectivity index (χ0n) is 7.62. The van der Waals surface area contributed by atoms with Crippen molar-refractivity contribution in [3.8, 4) is 0 Å². The monoisotopic (exact) mass is 188 g/mol. The predicted molar refractivity (Wildman–Crippen MR) is 47.1 cm³/mol. The Morgan fingerprint density at radius 1 is 1.50 bits per heavy atom. The molecule has 0 aromatic heterocycles. The van der Waals surface area contributed by atoms with Gasteiger partial charge >= 0.3 is 8.56 Å². The molecule has 0 aliphatic carbocycles. The number of hydrogen-bond donors (Lipinski definition) is 1. The van der Waals surface area contributed by atoms with Crippen molar-refractivity contribution in [3.63, 3.8) is 0 Å². The van der Waals surface area contributed by atoms with Gasteiger partial charge < -0.3 is 14.0 Å². The van der Waals surface area contributed by atoms with Crippen LogP contribution in [0.1, 0.15) is 20.3 Å². The summed E-state index contributed by atoms with van der Waals surface area (Å²) in [6, 6.07) is 0.961. The largest absolute Gasteiger partial charge is 0.391 e. The quantitative estimate of drug-likeness (QED) is 0.624. The molecule has 12 heavy (non-hydrogen) atoms. The molecule has 2 saturated heterocycles. The molecule has 2 aliphatic heterocycles. The van der Waals surface area contributed by atoms with Crippen LogP contribution in [0.3, 0.4) is 0 Å². The van der Waals surface area contributed by atoms with Gasteiger partial charge in [0.05, 0.1) is 18.8 Å². The maximum absolute atomic E-state index is 9.51. The Labute approximate surface area is 73.9 Å².